The van der Waals surface area contributed by atoms with Crippen molar-refractivity contribution >= 4 is 27.5 Å². The molecule has 0 radical (unpaired) electrons. The van der Waals surface area contributed by atoms with Crippen LogP contribution >= 0.6 is 0 Å². The van der Waals surface area contributed by atoms with E-state index in [1.807, 2.05) is 27.8 Å². The second-order valence-electron chi connectivity index (χ2n) is 11.6. The smallest absolute Gasteiger partial charge is 0.251 e. The lowest BCUT2D eigenvalue weighted by atomic mass is 9.97. The summed E-state index contributed by atoms with van der Waals surface area (Å²) in [5, 5.41) is 15.4. The van der Waals surface area contributed by atoms with E-state index in [0.29, 0.717) is 55.6 Å². The number of likely N-dealkylation sites (N-methyl/N-ethyl adjacent to an activating group) is 1. The van der Waals surface area contributed by atoms with E-state index in [9.17, 15) is 4.79 Å². The first-order valence-corrected chi connectivity index (χ1v) is 16.7. The summed E-state index contributed by atoms with van der Waals surface area (Å²) < 4.78 is 17.7. The van der Waals surface area contributed by atoms with E-state index in [-0.39, 0.29) is 18.0 Å². The molecule has 246 valence electrons. The number of hydrogen-bond acceptors (Lipinski definition) is 6. The Morgan fingerprint density at radius 3 is 1.68 bits per heavy atom. The molecule has 0 unspecified atom stereocenters. The SMILES string of the molecule is CCOc1cc(C(=O)N[C@H](CN[C@H](CNC)Cc2cccc3ccccc23)Cc2cccc3ccccc23)cc(OCC)c1OCC. The van der Waals surface area contributed by atoms with Crippen molar-refractivity contribution < 1.29 is 19.0 Å². The summed E-state index contributed by atoms with van der Waals surface area (Å²) in [6, 6.07) is 33.2. The second-order valence-corrected chi connectivity index (χ2v) is 11.6. The van der Waals surface area contributed by atoms with E-state index >= 15 is 0 Å². The molecule has 0 saturated heterocycles. The van der Waals surface area contributed by atoms with Crippen LogP contribution in [0.1, 0.15) is 42.3 Å². The van der Waals surface area contributed by atoms with Gasteiger partial charge in [0, 0.05) is 30.7 Å². The maximum atomic E-state index is 14.0. The Hall–Kier alpha value is -4.59. The second kappa shape index (κ2) is 16.8. The standard InChI is InChI=1S/C40H47N3O4/c1-5-45-37-24-32(25-38(46-6-2)39(37)47-7-3)40(44)43-34(23-31-19-13-17-29-15-9-11-21-36(29)31)27-42-33(26-41-4)22-30-18-12-16-28-14-8-10-20-35(28)30/h8-21,24-25,33-34,41-42H,5-7,22-23,26-27H2,1-4H3,(H,43,44)/t33-,34-/m0/s1. The number of ether oxygens (including phenoxy) is 3. The minimum absolute atomic E-state index is 0.150. The number of amides is 1. The fraction of sp³-hybridized carbons (Fsp3) is 0.325. The zero-order chi connectivity index (χ0) is 33.0. The summed E-state index contributed by atoms with van der Waals surface area (Å²) in [6.07, 6.45) is 1.51. The van der Waals surface area contributed by atoms with E-state index in [2.05, 4.69) is 101 Å². The van der Waals surface area contributed by atoms with Crippen molar-refractivity contribution in [3.63, 3.8) is 0 Å². The average molecular weight is 634 g/mol. The van der Waals surface area contributed by atoms with Crippen LogP contribution in [-0.4, -0.2) is 57.9 Å². The van der Waals surface area contributed by atoms with Gasteiger partial charge in [-0.1, -0.05) is 84.9 Å². The minimum Gasteiger partial charge on any atom is -0.490 e. The molecule has 0 aliphatic carbocycles. The maximum Gasteiger partial charge on any atom is 0.251 e. The van der Waals surface area contributed by atoms with E-state index in [0.717, 1.165) is 13.0 Å². The monoisotopic (exact) mass is 633 g/mol. The maximum absolute atomic E-state index is 14.0. The molecule has 2 atom stereocenters. The molecule has 1 amide bonds. The molecule has 47 heavy (non-hydrogen) atoms. The van der Waals surface area contributed by atoms with Gasteiger partial charge in [-0.15, -0.1) is 0 Å². The van der Waals surface area contributed by atoms with Crippen molar-refractivity contribution in [1.29, 1.82) is 0 Å². The Morgan fingerprint density at radius 1 is 0.638 bits per heavy atom. The lowest BCUT2D eigenvalue weighted by Crippen LogP contribution is -2.48. The Balaban J connectivity index is 1.43. The molecule has 3 N–H and O–H groups in total. The van der Waals surface area contributed by atoms with Gasteiger partial charge in [-0.3, -0.25) is 4.79 Å². The van der Waals surface area contributed by atoms with Crippen molar-refractivity contribution in [1.82, 2.24) is 16.0 Å². The molecule has 7 heteroatoms. The van der Waals surface area contributed by atoms with Gasteiger partial charge in [0.2, 0.25) is 5.75 Å². The molecule has 0 saturated carbocycles. The summed E-state index contributed by atoms with van der Waals surface area (Å²) in [6.45, 7) is 8.44. The van der Waals surface area contributed by atoms with Crippen LogP contribution in [0.5, 0.6) is 17.2 Å². The third kappa shape index (κ3) is 8.61. The van der Waals surface area contributed by atoms with Crippen molar-refractivity contribution in [3.05, 3.63) is 114 Å². The molecule has 0 aromatic heterocycles. The summed E-state index contributed by atoms with van der Waals surface area (Å²) in [5.41, 5.74) is 2.95. The largest absolute Gasteiger partial charge is 0.490 e. The first kappa shape index (κ1) is 33.8. The van der Waals surface area contributed by atoms with Gasteiger partial charge in [-0.25, -0.2) is 0 Å². The van der Waals surface area contributed by atoms with Gasteiger partial charge in [0.15, 0.2) is 11.5 Å². The highest BCUT2D eigenvalue weighted by molar-refractivity contribution is 5.96. The molecular weight excluding hydrogens is 586 g/mol. The Morgan fingerprint density at radius 2 is 1.15 bits per heavy atom. The molecule has 0 aliphatic rings. The number of nitrogens with one attached hydrogen (secondary N) is 3. The third-order valence-electron chi connectivity index (χ3n) is 8.30. The van der Waals surface area contributed by atoms with Crippen LogP contribution in [-0.2, 0) is 12.8 Å². The van der Waals surface area contributed by atoms with E-state index < -0.39 is 0 Å². The minimum atomic E-state index is -0.196. The quantitative estimate of drug-likeness (QED) is 0.103. The number of hydrogen-bond donors (Lipinski definition) is 3. The van der Waals surface area contributed by atoms with Gasteiger partial charge >= 0.3 is 0 Å². The molecule has 0 fully saturated rings. The number of carbonyl (C=O) groups excluding carboxylic acids is 1. The van der Waals surface area contributed by atoms with Gasteiger partial charge < -0.3 is 30.2 Å². The number of carbonyl (C=O) groups is 1. The first-order chi connectivity index (χ1) is 23.0. The number of rotatable bonds is 17. The predicted octanol–water partition coefficient (Wildman–Crippen LogP) is 6.95. The first-order valence-electron chi connectivity index (χ1n) is 16.7. The molecule has 5 rings (SSSR count). The summed E-state index contributed by atoms with van der Waals surface area (Å²) in [4.78, 5) is 14.0. The Kier molecular flexibility index (Phi) is 12.1. The highest BCUT2D eigenvalue weighted by atomic mass is 16.5. The lowest BCUT2D eigenvalue weighted by Gasteiger charge is -2.25. The van der Waals surface area contributed by atoms with Crippen LogP contribution in [0.3, 0.4) is 0 Å². The lowest BCUT2D eigenvalue weighted by molar-refractivity contribution is 0.0934. The van der Waals surface area contributed by atoms with E-state index in [1.54, 1.807) is 12.1 Å². The van der Waals surface area contributed by atoms with Crippen LogP contribution in [0, 0.1) is 0 Å². The zero-order valence-electron chi connectivity index (χ0n) is 28.0. The molecule has 0 heterocycles. The van der Waals surface area contributed by atoms with Crippen LogP contribution in [0.4, 0.5) is 0 Å². The van der Waals surface area contributed by atoms with E-state index in [4.69, 9.17) is 14.2 Å². The molecular formula is C40H47N3O4. The fourth-order valence-electron chi connectivity index (χ4n) is 6.21. The molecule has 0 bridgehead atoms. The summed E-state index contributed by atoms with van der Waals surface area (Å²) >= 11 is 0. The van der Waals surface area contributed by atoms with Gasteiger partial charge in [0.25, 0.3) is 5.91 Å². The highest BCUT2D eigenvalue weighted by Crippen LogP contribution is 2.39. The van der Waals surface area contributed by atoms with Crippen molar-refractivity contribution in [2.75, 3.05) is 40.0 Å². The third-order valence-corrected chi connectivity index (χ3v) is 8.30. The topological polar surface area (TPSA) is 80.9 Å². The van der Waals surface area contributed by atoms with Gasteiger partial charge in [-0.2, -0.15) is 0 Å². The predicted molar refractivity (Wildman–Crippen MR) is 192 cm³/mol. The Labute approximate surface area is 278 Å². The average Bonchev–Trinajstić information content (AvgIpc) is 3.09. The van der Waals surface area contributed by atoms with Gasteiger partial charge in [-0.05, 0) is 85.5 Å². The van der Waals surface area contributed by atoms with Crippen LogP contribution < -0.4 is 30.2 Å². The highest BCUT2D eigenvalue weighted by Gasteiger charge is 2.22. The van der Waals surface area contributed by atoms with Crippen molar-refractivity contribution in [2.45, 2.75) is 45.7 Å². The van der Waals surface area contributed by atoms with E-state index in [1.165, 1.54) is 32.7 Å². The van der Waals surface area contributed by atoms with Crippen molar-refractivity contribution in [3.8, 4) is 17.2 Å². The zero-order valence-corrected chi connectivity index (χ0v) is 28.0. The molecule has 7 nitrogen and oxygen atoms in total. The van der Waals surface area contributed by atoms with Gasteiger partial charge in [0.05, 0.1) is 19.8 Å². The van der Waals surface area contributed by atoms with Gasteiger partial charge in [0.1, 0.15) is 0 Å². The van der Waals surface area contributed by atoms with Crippen LogP contribution in [0.25, 0.3) is 21.5 Å². The van der Waals surface area contributed by atoms with Crippen LogP contribution in [0.2, 0.25) is 0 Å². The summed E-state index contributed by atoms with van der Waals surface area (Å²) in [5.74, 6) is 1.32. The summed E-state index contributed by atoms with van der Waals surface area (Å²) in [7, 11) is 1.98. The number of fused-ring (bicyclic) bond motifs is 2. The molecule has 5 aromatic carbocycles. The Bertz CT molecular complexity index is 1730. The fourth-order valence-corrected chi connectivity index (χ4v) is 6.21. The molecule has 0 aliphatic heterocycles. The normalized spacial score (nSPS) is 12.5. The number of benzene rings is 5. The molecule has 5 aromatic rings. The van der Waals surface area contributed by atoms with Crippen LogP contribution in [0.15, 0.2) is 97.1 Å². The van der Waals surface area contributed by atoms with Crippen molar-refractivity contribution in [2.24, 2.45) is 0 Å². The molecule has 0 spiro atoms.